The van der Waals surface area contributed by atoms with Gasteiger partial charge in [-0.2, -0.15) is 46.4 Å². The Morgan fingerprint density at radius 3 is 2.37 bits per heavy atom. The normalized spacial score (nSPS) is 14.0. The smallest absolute Gasteiger partial charge is 0.352 e. The van der Waals surface area contributed by atoms with E-state index in [1.165, 1.54) is 18.3 Å². The minimum Gasteiger partial charge on any atom is -0.352 e. The summed E-state index contributed by atoms with van der Waals surface area (Å²) in [4.78, 5) is 31.3. The number of alkyl halides is 7. The second kappa shape index (κ2) is 12.4. The lowest BCUT2D eigenvalue weighted by molar-refractivity contribution is -0.350. The fraction of sp³-hybridized carbons (Fsp3) is 0.333. The van der Waals surface area contributed by atoms with E-state index in [4.69, 9.17) is 11.6 Å². The summed E-state index contributed by atoms with van der Waals surface area (Å²) in [5.74, 6) is -0.876. The highest BCUT2D eigenvalue weighted by atomic mass is 127. The summed E-state index contributed by atoms with van der Waals surface area (Å²) in [7, 11) is 0. The molecule has 3 aromatic heterocycles. The molecule has 1 aromatic carbocycles. The molecule has 244 valence electrons. The van der Waals surface area contributed by atoms with Gasteiger partial charge in [0.2, 0.25) is 0 Å². The van der Waals surface area contributed by atoms with Gasteiger partial charge in [-0.15, -0.1) is 0 Å². The molecular formula is C27H21ClF7IN8O2. The third-order valence-electron chi connectivity index (χ3n) is 6.94. The Hall–Kier alpha value is -3.81. The second-order valence-corrected chi connectivity index (χ2v) is 12.1. The first-order valence-electron chi connectivity index (χ1n) is 13.3. The molecule has 2 N–H and O–H groups in total. The Morgan fingerprint density at radius 2 is 1.74 bits per heavy atom. The Morgan fingerprint density at radius 1 is 1.04 bits per heavy atom. The molecule has 0 aliphatic heterocycles. The maximum absolute atomic E-state index is 14.5. The summed E-state index contributed by atoms with van der Waals surface area (Å²) >= 11 is 8.32. The highest BCUT2D eigenvalue weighted by Gasteiger charge is 2.75. The van der Waals surface area contributed by atoms with Gasteiger partial charge >= 0.3 is 18.0 Å². The number of amides is 2. The molecule has 1 aliphatic carbocycles. The van der Waals surface area contributed by atoms with E-state index >= 15 is 0 Å². The number of aromatic nitrogens is 6. The molecule has 0 unspecified atom stereocenters. The van der Waals surface area contributed by atoms with Crippen molar-refractivity contribution in [3.8, 4) is 5.82 Å². The number of nitrogens with one attached hydrogen (secondary N) is 2. The molecule has 4 aromatic rings. The topological polar surface area (TPSA) is 120 Å². The standard InChI is InChI=1S/C27H21ClF7IN8O2/c1-13-7-15(36)8-17(23(45)38-10-14-4-5-14)21(13)40-24(46)19-9-16(41-44(19)22-18(28)3-2-6-37-22)12-43-39-11-20(42-43)25(29,26(30,31)32)27(33,34)35/h2-3,6-9,11,14H,4-5,10,12H2,1H3,(H,38,45)(H,40,46). The van der Waals surface area contributed by atoms with Crippen LogP contribution in [-0.2, 0) is 12.2 Å². The lowest BCUT2D eigenvalue weighted by Gasteiger charge is -2.27. The van der Waals surface area contributed by atoms with Gasteiger partial charge in [-0.05, 0) is 84.2 Å². The summed E-state index contributed by atoms with van der Waals surface area (Å²) in [5.41, 5.74) is -7.24. The van der Waals surface area contributed by atoms with E-state index in [9.17, 15) is 40.3 Å². The van der Waals surface area contributed by atoms with Crippen molar-refractivity contribution in [1.82, 2.24) is 35.1 Å². The molecule has 1 saturated carbocycles. The molecule has 10 nitrogen and oxygen atoms in total. The number of rotatable bonds is 9. The van der Waals surface area contributed by atoms with E-state index < -0.39 is 42.1 Å². The van der Waals surface area contributed by atoms with E-state index in [0.29, 0.717) is 22.8 Å². The largest absolute Gasteiger partial charge is 0.437 e. The first kappa shape index (κ1) is 33.6. The Kier molecular flexibility index (Phi) is 9.06. The van der Waals surface area contributed by atoms with Crippen LogP contribution in [0.15, 0.2) is 42.7 Å². The van der Waals surface area contributed by atoms with Crippen molar-refractivity contribution in [3.05, 3.63) is 79.5 Å². The number of pyridine rings is 1. The fourth-order valence-electron chi connectivity index (χ4n) is 4.41. The van der Waals surface area contributed by atoms with Gasteiger partial charge in [-0.3, -0.25) is 9.59 Å². The van der Waals surface area contributed by atoms with Crippen LogP contribution in [0.3, 0.4) is 0 Å². The lowest BCUT2D eigenvalue weighted by Crippen LogP contribution is -2.50. The van der Waals surface area contributed by atoms with E-state index in [0.717, 1.165) is 27.2 Å². The Balaban J connectivity index is 1.50. The van der Waals surface area contributed by atoms with Crippen molar-refractivity contribution in [2.75, 3.05) is 11.9 Å². The van der Waals surface area contributed by atoms with Gasteiger partial charge < -0.3 is 10.6 Å². The van der Waals surface area contributed by atoms with Crippen molar-refractivity contribution in [1.29, 1.82) is 0 Å². The molecule has 0 spiro atoms. The van der Waals surface area contributed by atoms with Crippen molar-refractivity contribution in [2.24, 2.45) is 5.92 Å². The summed E-state index contributed by atoms with van der Waals surface area (Å²) in [6, 6.07) is 7.41. The van der Waals surface area contributed by atoms with E-state index in [2.05, 4.69) is 30.9 Å². The van der Waals surface area contributed by atoms with Crippen LogP contribution in [0.2, 0.25) is 5.02 Å². The summed E-state index contributed by atoms with van der Waals surface area (Å²) in [6.07, 6.45) is -9.40. The molecule has 19 heteroatoms. The zero-order valence-electron chi connectivity index (χ0n) is 23.3. The van der Waals surface area contributed by atoms with Crippen molar-refractivity contribution in [3.63, 3.8) is 0 Å². The monoisotopic (exact) mass is 784 g/mol. The maximum Gasteiger partial charge on any atom is 0.437 e. The molecule has 3 heterocycles. The number of carbonyl (C=O) groups is 2. The van der Waals surface area contributed by atoms with Gasteiger partial charge in [-0.1, -0.05) is 11.6 Å². The third kappa shape index (κ3) is 6.67. The van der Waals surface area contributed by atoms with Crippen molar-refractivity contribution in [2.45, 2.75) is 44.3 Å². The number of hydrogen-bond donors (Lipinski definition) is 2. The molecule has 1 aliphatic rings. The lowest BCUT2D eigenvalue weighted by atomic mass is 10.0. The van der Waals surface area contributed by atoms with Crippen molar-refractivity contribution < 1.29 is 40.3 Å². The van der Waals surface area contributed by atoms with Crippen LogP contribution < -0.4 is 10.6 Å². The molecule has 0 saturated heterocycles. The van der Waals surface area contributed by atoms with Crippen molar-refractivity contribution >= 4 is 51.7 Å². The van der Waals surface area contributed by atoms with Gasteiger partial charge in [0.25, 0.3) is 11.8 Å². The van der Waals surface area contributed by atoms with Gasteiger partial charge in [0, 0.05) is 16.3 Å². The molecule has 1 fully saturated rings. The zero-order chi connectivity index (χ0) is 33.6. The summed E-state index contributed by atoms with van der Waals surface area (Å²) in [5, 5.41) is 16.2. The minimum absolute atomic E-state index is 0.0105. The number of aryl methyl sites for hydroxylation is 1. The molecule has 46 heavy (non-hydrogen) atoms. The van der Waals surface area contributed by atoms with Gasteiger partial charge in [0.1, 0.15) is 17.9 Å². The van der Waals surface area contributed by atoms with Crippen LogP contribution in [0, 0.1) is 16.4 Å². The van der Waals surface area contributed by atoms with Crippen LogP contribution in [0.1, 0.15) is 50.6 Å². The third-order valence-corrected chi connectivity index (χ3v) is 7.86. The number of carbonyl (C=O) groups excluding carboxylic acids is 2. The van der Waals surface area contributed by atoms with Crippen LogP contribution >= 0.6 is 34.2 Å². The number of benzene rings is 1. The predicted molar refractivity (Wildman–Crippen MR) is 157 cm³/mol. The number of nitrogens with zero attached hydrogens (tertiary/aromatic N) is 6. The van der Waals surface area contributed by atoms with E-state index in [1.807, 2.05) is 22.6 Å². The number of hydrogen-bond acceptors (Lipinski definition) is 6. The SMILES string of the molecule is Cc1cc(I)cc(C(=O)NCC2CC2)c1NC(=O)c1cc(Cn2ncc(C(F)(C(F)(F)F)C(F)(F)F)n2)nn1-c1ncccc1Cl. The Bertz CT molecular complexity index is 1790. The summed E-state index contributed by atoms with van der Waals surface area (Å²) in [6.45, 7) is 1.48. The first-order chi connectivity index (χ1) is 21.5. The van der Waals surface area contributed by atoms with E-state index in [1.54, 1.807) is 19.1 Å². The van der Waals surface area contributed by atoms with Crippen LogP contribution in [0.4, 0.5) is 36.4 Å². The van der Waals surface area contributed by atoms with Gasteiger partial charge in [-0.25, -0.2) is 14.1 Å². The first-order valence-corrected chi connectivity index (χ1v) is 14.8. The summed E-state index contributed by atoms with van der Waals surface area (Å²) < 4.78 is 95.4. The molecule has 0 bridgehead atoms. The average molecular weight is 785 g/mol. The quantitative estimate of drug-likeness (QED) is 0.155. The van der Waals surface area contributed by atoms with Crippen LogP contribution in [0.5, 0.6) is 0 Å². The highest BCUT2D eigenvalue weighted by molar-refractivity contribution is 14.1. The minimum atomic E-state index is -6.38. The Labute approximate surface area is 273 Å². The van der Waals surface area contributed by atoms with Crippen LogP contribution in [-0.4, -0.2) is 60.5 Å². The zero-order valence-corrected chi connectivity index (χ0v) is 26.3. The maximum atomic E-state index is 14.5. The molecular weight excluding hydrogens is 764 g/mol. The highest BCUT2D eigenvalue weighted by Crippen LogP contribution is 2.52. The molecule has 0 radical (unpaired) electrons. The predicted octanol–water partition coefficient (Wildman–Crippen LogP) is 6.16. The van der Waals surface area contributed by atoms with Gasteiger partial charge in [0.05, 0.1) is 28.2 Å². The number of anilines is 1. The molecule has 5 rings (SSSR count). The molecule has 2 amide bonds. The van der Waals surface area contributed by atoms with Gasteiger partial charge in [0.15, 0.2) is 5.82 Å². The average Bonchev–Trinajstić information content (AvgIpc) is 3.52. The second-order valence-electron chi connectivity index (χ2n) is 10.4. The number of halogens is 9. The van der Waals surface area contributed by atoms with Crippen LogP contribution in [0.25, 0.3) is 5.82 Å². The molecule has 0 atom stereocenters. The fourth-order valence-corrected chi connectivity index (χ4v) is 5.39. The van der Waals surface area contributed by atoms with E-state index in [-0.39, 0.29) is 39.7 Å².